The molecule has 0 bridgehead atoms. The molecule has 1 amide bonds. The summed E-state index contributed by atoms with van der Waals surface area (Å²) in [5.41, 5.74) is 16.0. The number of nitrogens with two attached hydrogens (primary N) is 3. The van der Waals surface area contributed by atoms with Crippen molar-refractivity contribution in [1.82, 2.24) is 20.6 Å². The molecule has 9 N–H and O–H groups in total. The summed E-state index contributed by atoms with van der Waals surface area (Å²) in [6, 6.07) is 0. The molecule has 9 nitrogen and oxygen atoms in total. The lowest BCUT2D eigenvalue weighted by Crippen LogP contribution is -2.41. The van der Waals surface area contributed by atoms with Gasteiger partial charge >= 0.3 is 0 Å². The third-order valence-electron chi connectivity index (χ3n) is 2.04. The summed E-state index contributed by atoms with van der Waals surface area (Å²) in [6.07, 6.45) is 0.674. The third-order valence-corrected chi connectivity index (χ3v) is 2.32. The number of carbonyl (C=O) groups excluding carboxylic acids is 1. The van der Waals surface area contributed by atoms with Gasteiger partial charge in [-0.1, -0.05) is 11.6 Å². The normalized spacial score (nSPS) is 10.0. The van der Waals surface area contributed by atoms with E-state index in [0.29, 0.717) is 19.5 Å². The van der Waals surface area contributed by atoms with Crippen LogP contribution in [0.15, 0.2) is 0 Å². The van der Waals surface area contributed by atoms with Crippen molar-refractivity contribution < 1.29 is 4.79 Å². The number of carbonyl (C=O) groups is 1. The van der Waals surface area contributed by atoms with Crippen LogP contribution >= 0.6 is 11.6 Å². The second-order valence-electron chi connectivity index (χ2n) is 3.53. The lowest BCUT2D eigenvalue weighted by atomic mass is 10.3. The Bertz CT molecular complexity index is 491. The van der Waals surface area contributed by atoms with E-state index in [1.807, 2.05) is 0 Å². The van der Waals surface area contributed by atoms with Crippen molar-refractivity contribution in [1.29, 1.82) is 5.41 Å². The Balaban J connectivity index is 2.68. The van der Waals surface area contributed by atoms with Crippen molar-refractivity contribution in [2.24, 2.45) is 5.73 Å². The molecule has 0 saturated carbocycles. The fourth-order valence-corrected chi connectivity index (χ4v) is 1.27. The van der Waals surface area contributed by atoms with Gasteiger partial charge in [-0.2, -0.15) is 0 Å². The van der Waals surface area contributed by atoms with E-state index in [2.05, 4.69) is 20.6 Å². The highest BCUT2D eigenvalue weighted by Gasteiger charge is 2.16. The Labute approximate surface area is 114 Å². The van der Waals surface area contributed by atoms with Gasteiger partial charge in [0.25, 0.3) is 5.91 Å². The molecule has 0 aliphatic rings. The van der Waals surface area contributed by atoms with E-state index in [-0.39, 0.29) is 28.4 Å². The summed E-state index contributed by atoms with van der Waals surface area (Å²) in [4.78, 5) is 19.2. The Kier molecular flexibility index (Phi) is 5.27. The van der Waals surface area contributed by atoms with Crippen molar-refractivity contribution >= 4 is 35.1 Å². The van der Waals surface area contributed by atoms with Gasteiger partial charge in [-0.3, -0.25) is 15.5 Å². The van der Waals surface area contributed by atoms with Crippen molar-refractivity contribution in [3.8, 4) is 0 Å². The van der Waals surface area contributed by atoms with Crippen molar-refractivity contribution in [3.05, 3.63) is 10.8 Å². The van der Waals surface area contributed by atoms with E-state index in [9.17, 15) is 4.79 Å². The SMILES string of the molecule is N=C(NCCCN)NC(=O)c1nc(Cl)c(N)nc1N. The number of rotatable bonds is 4. The van der Waals surface area contributed by atoms with Crippen LogP contribution in [0.25, 0.3) is 0 Å². The van der Waals surface area contributed by atoms with Gasteiger partial charge in [-0.25, -0.2) is 9.97 Å². The van der Waals surface area contributed by atoms with Gasteiger partial charge in [0, 0.05) is 6.54 Å². The van der Waals surface area contributed by atoms with Gasteiger partial charge in [0.05, 0.1) is 0 Å². The number of guanidine groups is 1. The van der Waals surface area contributed by atoms with Gasteiger partial charge in [0.2, 0.25) is 0 Å². The largest absolute Gasteiger partial charge is 0.382 e. The topological polar surface area (TPSA) is 169 Å². The zero-order chi connectivity index (χ0) is 14.4. The molecule has 1 rings (SSSR count). The Morgan fingerprint density at radius 3 is 2.63 bits per heavy atom. The van der Waals surface area contributed by atoms with E-state index in [4.69, 9.17) is 34.2 Å². The van der Waals surface area contributed by atoms with Crippen molar-refractivity contribution in [3.63, 3.8) is 0 Å². The van der Waals surface area contributed by atoms with Crippen LogP contribution in [-0.2, 0) is 0 Å². The summed E-state index contributed by atoms with van der Waals surface area (Å²) in [7, 11) is 0. The molecule has 1 aromatic rings. The van der Waals surface area contributed by atoms with E-state index in [1.54, 1.807) is 0 Å². The maximum atomic E-state index is 11.8. The van der Waals surface area contributed by atoms with Gasteiger partial charge < -0.3 is 22.5 Å². The molecule has 0 fully saturated rings. The number of hydrogen-bond donors (Lipinski definition) is 6. The molecule has 0 aliphatic heterocycles. The minimum Gasteiger partial charge on any atom is -0.382 e. The van der Waals surface area contributed by atoms with E-state index < -0.39 is 5.91 Å². The lowest BCUT2D eigenvalue weighted by molar-refractivity contribution is 0.0971. The molecule has 0 aliphatic carbocycles. The van der Waals surface area contributed by atoms with E-state index in [0.717, 1.165) is 0 Å². The molecule has 0 radical (unpaired) electrons. The van der Waals surface area contributed by atoms with Gasteiger partial charge in [-0.15, -0.1) is 0 Å². The predicted octanol–water partition coefficient (Wildman–Crippen LogP) is -1.10. The quantitative estimate of drug-likeness (QED) is 0.232. The fraction of sp³-hybridized carbons (Fsp3) is 0.333. The molecule has 0 unspecified atom stereocenters. The van der Waals surface area contributed by atoms with E-state index in [1.165, 1.54) is 0 Å². The van der Waals surface area contributed by atoms with Crippen molar-refractivity contribution in [2.75, 3.05) is 24.6 Å². The molecule has 1 heterocycles. The summed E-state index contributed by atoms with van der Waals surface area (Å²) < 4.78 is 0. The smallest absolute Gasteiger partial charge is 0.280 e. The standard InChI is InChI=1S/C9H15ClN8O/c10-5-7(13)17-6(12)4(16-5)8(19)18-9(14)15-3-1-2-11/h1-3,11H2,(H4,12,13,17)(H3,14,15,18,19). The predicted molar refractivity (Wildman–Crippen MR) is 72.7 cm³/mol. The average Bonchev–Trinajstić information content (AvgIpc) is 2.34. The van der Waals surface area contributed by atoms with Crippen LogP contribution in [0.4, 0.5) is 11.6 Å². The lowest BCUT2D eigenvalue weighted by Gasteiger charge is -2.09. The highest BCUT2D eigenvalue weighted by molar-refractivity contribution is 6.31. The third kappa shape index (κ3) is 4.23. The maximum Gasteiger partial charge on any atom is 0.280 e. The van der Waals surface area contributed by atoms with Crippen LogP contribution in [0.2, 0.25) is 5.15 Å². The Morgan fingerprint density at radius 2 is 2.00 bits per heavy atom. The van der Waals surface area contributed by atoms with Gasteiger partial charge in [0.1, 0.15) is 0 Å². The number of amides is 1. The molecule has 1 aromatic heterocycles. The number of hydrogen-bond acceptors (Lipinski definition) is 7. The summed E-state index contributed by atoms with van der Waals surface area (Å²) >= 11 is 5.65. The second-order valence-corrected chi connectivity index (χ2v) is 3.89. The van der Waals surface area contributed by atoms with E-state index >= 15 is 0 Å². The zero-order valence-electron chi connectivity index (χ0n) is 10.0. The van der Waals surface area contributed by atoms with Crippen LogP contribution in [0.3, 0.4) is 0 Å². The van der Waals surface area contributed by atoms with Crippen molar-refractivity contribution in [2.45, 2.75) is 6.42 Å². The summed E-state index contributed by atoms with van der Waals surface area (Å²) in [6.45, 7) is 0.958. The maximum absolute atomic E-state index is 11.8. The average molecular weight is 287 g/mol. The monoisotopic (exact) mass is 286 g/mol. The zero-order valence-corrected chi connectivity index (χ0v) is 10.8. The number of nitrogens with one attached hydrogen (secondary N) is 3. The number of aromatic nitrogens is 2. The minimum absolute atomic E-state index is 0.0631. The molecule has 0 saturated heterocycles. The number of nitrogens with zero attached hydrogens (tertiary/aromatic N) is 2. The number of nitrogen functional groups attached to an aromatic ring is 2. The first-order valence-electron chi connectivity index (χ1n) is 5.38. The first-order valence-corrected chi connectivity index (χ1v) is 5.75. The van der Waals surface area contributed by atoms with Crippen LogP contribution in [0.1, 0.15) is 16.9 Å². The first-order chi connectivity index (χ1) is 8.95. The van der Waals surface area contributed by atoms with Gasteiger partial charge in [0.15, 0.2) is 28.4 Å². The first kappa shape index (κ1) is 14.9. The molecule has 19 heavy (non-hydrogen) atoms. The van der Waals surface area contributed by atoms with Crippen LogP contribution in [0, 0.1) is 5.41 Å². The van der Waals surface area contributed by atoms with Crippen LogP contribution < -0.4 is 27.8 Å². The molecule has 10 heteroatoms. The highest BCUT2D eigenvalue weighted by atomic mass is 35.5. The number of halogens is 1. The molecular formula is C9H15ClN8O. The molecule has 0 spiro atoms. The Morgan fingerprint density at radius 1 is 1.32 bits per heavy atom. The second kappa shape index (κ2) is 6.71. The Hall–Kier alpha value is -2.13. The van der Waals surface area contributed by atoms with Crippen LogP contribution in [0.5, 0.6) is 0 Å². The molecular weight excluding hydrogens is 272 g/mol. The summed E-state index contributed by atoms with van der Waals surface area (Å²) in [5, 5.41) is 12.3. The molecule has 0 aromatic carbocycles. The summed E-state index contributed by atoms with van der Waals surface area (Å²) in [5.74, 6) is -1.11. The molecule has 0 atom stereocenters. The fourth-order valence-electron chi connectivity index (χ4n) is 1.14. The van der Waals surface area contributed by atoms with Crippen LogP contribution in [-0.4, -0.2) is 34.9 Å². The highest BCUT2D eigenvalue weighted by Crippen LogP contribution is 2.16. The van der Waals surface area contributed by atoms with Gasteiger partial charge in [-0.05, 0) is 13.0 Å². The number of anilines is 2. The minimum atomic E-state index is -0.697. The molecule has 104 valence electrons.